The zero-order valence-corrected chi connectivity index (χ0v) is 13.8. The van der Waals surface area contributed by atoms with E-state index in [-0.39, 0.29) is 6.10 Å². The van der Waals surface area contributed by atoms with Crippen LogP contribution in [0.1, 0.15) is 18.1 Å². The summed E-state index contributed by atoms with van der Waals surface area (Å²) in [6.07, 6.45) is 0.322. The maximum atomic E-state index is 9.36. The highest BCUT2D eigenvalue weighted by atomic mass is 79.9. The van der Waals surface area contributed by atoms with Gasteiger partial charge in [0.1, 0.15) is 18.1 Å². The molecule has 0 saturated carbocycles. The van der Waals surface area contributed by atoms with Crippen molar-refractivity contribution in [2.45, 2.75) is 26.1 Å². The number of rotatable bonds is 6. The van der Waals surface area contributed by atoms with Crippen LogP contribution in [0.2, 0.25) is 0 Å². The molecule has 0 heterocycles. The molecule has 4 heteroatoms. The van der Waals surface area contributed by atoms with Gasteiger partial charge in [0.15, 0.2) is 0 Å². The molecule has 2 rings (SSSR count). The molecule has 0 spiro atoms. The van der Waals surface area contributed by atoms with Crippen LogP contribution in [-0.4, -0.2) is 18.3 Å². The Morgan fingerprint density at radius 3 is 2.48 bits per heavy atom. The molecule has 2 aromatic carbocycles. The van der Waals surface area contributed by atoms with Crippen molar-refractivity contribution in [2.24, 2.45) is 0 Å². The molecule has 0 aliphatic heterocycles. The molecule has 1 N–H and O–H groups in total. The highest BCUT2D eigenvalue weighted by molar-refractivity contribution is 9.10. The number of ether oxygens (including phenoxy) is 2. The normalized spacial score (nSPS) is 12.0. The van der Waals surface area contributed by atoms with E-state index in [0.717, 1.165) is 27.1 Å². The lowest BCUT2D eigenvalue weighted by atomic mass is 10.1. The average Bonchev–Trinajstić information content (AvgIpc) is 2.46. The topological polar surface area (TPSA) is 38.7 Å². The lowest BCUT2D eigenvalue weighted by molar-refractivity contribution is 0.195. The van der Waals surface area contributed by atoms with Crippen LogP contribution in [0.3, 0.4) is 0 Å². The molecule has 0 amide bonds. The zero-order valence-electron chi connectivity index (χ0n) is 12.2. The molecular weight excluding hydrogens is 332 g/mol. The summed E-state index contributed by atoms with van der Waals surface area (Å²) in [6.45, 7) is 2.22. The van der Waals surface area contributed by atoms with Gasteiger partial charge in [-0.25, -0.2) is 0 Å². The number of halogens is 1. The quantitative estimate of drug-likeness (QED) is 0.856. The van der Waals surface area contributed by atoms with E-state index in [9.17, 15) is 5.11 Å². The molecule has 1 atom stereocenters. The second-order valence-electron chi connectivity index (χ2n) is 4.94. The molecule has 0 aromatic heterocycles. The maximum absolute atomic E-state index is 9.36. The Morgan fingerprint density at radius 1 is 1.14 bits per heavy atom. The highest BCUT2D eigenvalue weighted by Gasteiger charge is 2.05. The van der Waals surface area contributed by atoms with Crippen molar-refractivity contribution in [1.82, 2.24) is 0 Å². The third-order valence-corrected chi connectivity index (χ3v) is 3.58. The molecule has 0 fully saturated rings. The van der Waals surface area contributed by atoms with E-state index in [4.69, 9.17) is 9.47 Å². The Kier molecular flexibility index (Phi) is 5.65. The zero-order chi connectivity index (χ0) is 15.2. The van der Waals surface area contributed by atoms with Gasteiger partial charge in [-0.05, 0) is 49.2 Å². The predicted octanol–water partition coefficient (Wildman–Crippen LogP) is 3.96. The number of benzene rings is 2. The molecule has 2 aromatic rings. The fourth-order valence-corrected chi connectivity index (χ4v) is 2.49. The largest absolute Gasteiger partial charge is 0.496 e. The Morgan fingerprint density at radius 2 is 1.86 bits per heavy atom. The van der Waals surface area contributed by atoms with Crippen LogP contribution in [0.15, 0.2) is 46.9 Å². The van der Waals surface area contributed by atoms with Crippen LogP contribution < -0.4 is 9.47 Å². The van der Waals surface area contributed by atoms with E-state index in [1.165, 1.54) is 0 Å². The molecule has 0 saturated heterocycles. The first kappa shape index (κ1) is 15.9. The SMILES string of the molecule is COc1ccc(Br)cc1COc1ccc(CC(C)O)cc1. The molecule has 0 aliphatic carbocycles. The summed E-state index contributed by atoms with van der Waals surface area (Å²) >= 11 is 3.45. The predicted molar refractivity (Wildman–Crippen MR) is 86.9 cm³/mol. The summed E-state index contributed by atoms with van der Waals surface area (Å²) in [5.41, 5.74) is 2.08. The third kappa shape index (κ3) is 4.76. The summed E-state index contributed by atoms with van der Waals surface area (Å²) in [7, 11) is 1.65. The minimum atomic E-state index is -0.331. The number of hydrogen-bond acceptors (Lipinski definition) is 3. The second-order valence-corrected chi connectivity index (χ2v) is 5.86. The number of hydrogen-bond donors (Lipinski definition) is 1. The van der Waals surface area contributed by atoms with Crippen LogP contribution in [0.4, 0.5) is 0 Å². The van der Waals surface area contributed by atoms with Gasteiger partial charge in [-0.15, -0.1) is 0 Å². The molecule has 1 unspecified atom stereocenters. The van der Waals surface area contributed by atoms with Gasteiger partial charge in [-0.1, -0.05) is 28.1 Å². The first-order chi connectivity index (χ1) is 10.1. The molecular formula is C17H19BrO3. The lowest BCUT2D eigenvalue weighted by Gasteiger charge is -2.11. The molecule has 3 nitrogen and oxygen atoms in total. The average molecular weight is 351 g/mol. The van der Waals surface area contributed by atoms with Crippen molar-refractivity contribution in [3.8, 4) is 11.5 Å². The summed E-state index contributed by atoms with van der Waals surface area (Å²) in [5.74, 6) is 1.61. The standard InChI is InChI=1S/C17H19BrO3/c1-12(19)9-13-3-6-16(7-4-13)21-11-14-10-15(18)5-8-17(14)20-2/h3-8,10,12,19H,9,11H2,1-2H3. The van der Waals surface area contributed by atoms with Crippen molar-refractivity contribution in [3.05, 3.63) is 58.1 Å². The Bertz CT molecular complexity index is 579. The van der Waals surface area contributed by atoms with Crippen LogP contribution in [0.5, 0.6) is 11.5 Å². The monoisotopic (exact) mass is 350 g/mol. The van der Waals surface area contributed by atoms with Gasteiger partial charge in [0, 0.05) is 10.0 Å². The van der Waals surface area contributed by atoms with Crippen molar-refractivity contribution < 1.29 is 14.6 Å². The fourth-order valence-electron chi connectivity index (χ4n) is 2.08. The van der Waals surface area contributed by atoms with Crippen molar-refractivity contribution in [1.29, 1.82) is 0 Å². The van der Waals surface area contributed by atoms with Gasteiger partial charge >= 0.3 is 0 Å². The Labute approximate surface area is 133 Å². The van der Waals surface area contributed by atoms with Gasteiger partial charge < -0.3 is 14.6 Å². The van der Waals surface area contributed by atoms with Gasteiger partial charge in [0.05, 0.1) is 13.2 Å². The fraction of sp³-hybridized carbons (Fsp3) is 0.294. The van der Waals surface area contributed by atoms with E-state index >= 15 is 0 Å². The van der Waals surface area contributed by atoms with Crippen LogP contribution in [0.25, 0.3) is 0 Å². The van der Waals surface area contributed by atoms with E-state index in [0.29, 0.717) is 13.0 Å². The Hall–Kier alpha value is -1.52. The molecule has 0 aliphatic rings. The summed E-state index contributed by atoms with van der Waals surface area (Å²) in [6, 6.07) is 13.6. The first-order valence-electron chi connectivity index (χ1n) is 6.80. The molecule has 21 heavy (non-hydrogen) atoms. The third-order valence-electron chi connectivity index (χ3n) is 3.09. The molecule has 112 valence electrons. The maximum Gasteiger partial charge on any atom is 0.125 e. The van der Waals surface area contributed by atoms with Crippen LogP contribution in [-0.2, 0) is 13.0 Å². The molecule has 0 bridgehead atoms. The highest BCUT2D eigenvalue weighted by Crippen LogP contribution is 2.24. The second kappa shape index (κ2) is 7.48. The van der Waals surface area contributed by atoms with E-state index in [2.05, 4.69) is 15.9 Å². The lowest BCUT2D eigenvalue weighted by Crippen LogP contribution is -2.04. The van der Waals surface area contributed by atoms with Crippen LogP contribution in [0, 0.1) is 0 Å². The number of methoxy groups -OCH3 is 1. The van der Waals surface area contributed by atoms with Crippen molar-refractivity contribution in [2.75, 3.05) is 7.11 Å². The van der Waals surface area contributed by atoms with Gasteiger partial charge in [-0.3, -0.25) is 0 Å². The first-order valence-corrected chi connectivity index (χ1v) is 7.60. The summed E-state index contributed by atoms with van der Waals surface area (Å²) in [5, 5.41) is 9.36. The number of aliphatic hydroxyl groups excluding tert-OH is 1. The van der Waals surface area contributed by atoms with Gasteiger partial charge in [0.25, 0.3) is 0 Å². The van der Waals surface area contributed by atoms with E-state index in [1.54, 1.807) is 14.0 Å². The summed E-state index contributed by atoms with van der Waals surface area (Å²) < 4.78 is 12.1. The number of aliphatic hydroxyl groups is 1. The smallest absolute Gasteiger partial charge is 0.125 e. The van der Waals surface area contributed by atoms with Gasteiger partial charge in [0.2, 0.25) is 0 Å². The molecule has 0 radical (unpaired) electrons. The minimum absolute atomic E-state index is 0.331. The van der Waals surface area contributed by atoms with E-state index < -0.39 is 0 Å². The van der Waals surface area contributed by atoms with E-state index in [1.807, 2.05) is 42.5 Å². The van der Waals surface area contributed by atoms with Crippen LogP contribution >= 0.6 is 15.9 Å². The van der Waals surface area contributed by atoms with Gasteiger partial charge in [-0.2, -0.15) is 0 Å². The minimum Gasteiger partial charge on any atom is -0.496 e. The summed E-state index contributed by atoms with van der Waals surface area (Å²) in [4.78, 5) is 0. The van der Waals surface area contributed by atoms with Crippen molar-refractivity contribution >= 4 is 15.9 Å². The van der Waals surface area contributed by atoms with Crippen molar-refractivity contribution in [3.63, 3.8) is 0 Å². The Balaban J connectivity index is 2.01.